The van der Waals surface area contributed by atoms with Crippen LogP contribution in [0.4, 0.5) is 10.1 Å². The quantitative estimate of drug-likeness (QED) is 0.595. The van der Waals surface area contributed by atoms with Crippen molar-refractivity contribution in [3.63, 3.8) is 0 Å². The number of rotatable bonds is 5. The number of ether oxygens (including phenoxy) is 1. The third-order valence-electron chi connectivity index (χ3n) is 5.27. The first kappa shape index (κ1) is 20.5. The van der Waals surface area contributed by atoms with E-state index >= 15 is 0 Å². The van der Waals surface area contributed by atoms with Crippen LogP contribution in [0.5, 0.6) is 0 Å². The number of anilines is 1. The van der Waals surface area contributed by atoms with Gasteiger partial charge in [-0.1, -0.05) is 12.1 Å². The molecule has 5 nitrogen and oxygen atoms in total. The van der Waals surface area contributed by atoms with Crippen molar-refractivity contribution >= 4 is 33.9 Å². The van der Waals surface area contributed by atoms with E-state index in [1.54, 1.807) is 12.1 Å². The summed E-state index contributed by atoms with van der Waals surface area (Å²) in [7, 11) is 0. The lowest BCUT2D eigenvalue weighted by Crippen LogP contribution is -2.40. The molecule has 1 aliphatic heterocycles. The molecule has 4 rings (SSSR count). The fourth-order valence-electron chi connectivity index (χ4n) is 3.67. The summed E-state index contributed by atoms with van der Waals surface area (Å²) in [6.45, 7) is 3.67. The maximum atomic E-state index is 13.2. The monoisotopic (exact) mass is 425 g/mol. The van der Waals surface area contributed by atoms with Crippen LogP contribution in [0.2, 0.25) is 0 Å². The summed E-state index contributed by atoms with van der Waals surface area (Å²) in [5.74, 6) is -0.305. The molecule has 1 saturated heterocycles. The lowest BCUT2D eigenvalue weighted by molar-refractivity contribution is 0.0904. The number of pyridine rings is 1. The zero-order valence-electron chi connectivity index (χ0n) is 16.8. The highest BCUT2D eigenvalue weighted by atomic mass is 32.1. The van der Waals surface area contributed by atoms with Gasteiger partial charge in [0.05, 0.1) is 12.6 Å². The summed E-state index contributed by atoms with van der Waals surface area (Å²) in [5, 5.41) is 4.60. The molecule has 0 radical (unpaired) electrons. The summed E-state index contributed by atoms with van der Waals surface area (Å²) in [4.78, 5) is 17.6. The molecule has 0 amide bonds. The van der Waals surface area contributed by atoms with E-state index in [9.17, 15) is 9.18 Å². The molecule has 1 aromatic heterocycles. The average Bonchev–Trinajstić information content (AvgIpc) is 3.23. The number of nitrogens with one attached hydrogen (secondary N) is 2. The van der Waals surface area contributed by atoms with Crippen molar-refractivity contribution < 1.29 is 9.13 Å². The number of aromatic nitrogens is 1. The molecule has 2 heterocycles. The molecule has 1 fully saturated rings. The Bertz CT molecular complexity index is 1110. The van der Waals surface area contributed by atoms with Gasteiger partial charge in [0, 0.05) is 29.9 Å². The van der Waals surface area contributed by atoms with Crippen molar-refractivity contribution in [1.29, 1.82) is 0 Å². The largest absolute Gasteiger partial charge is 0.376 e. The van der Waals surface area contributed by atoms with Crippen LogP contribution < -0.4 is 10.9 Å². The molecule has 3 aromatic rings. The number of hydrogen-bond donors (Lipinski definition) is 2. The number of aromatic amines is 1. The van der Waals surface area contributed by atoms with Crippen LogP contribution in [-0.2, 0) is 11.3 Å². The van der Waals surface area contributed by atoms with Crippen LogP contribution in [0, 0.1) is 12.7 Å². The van der Waals surface area contributed by atoms with E-state index in [2.05, 4.69) is 10.3 Å². The maximum Gasteiger partial charge on any atom is 0.253 e. The Morgan fingerprint density at radius 1 is 1.27 bits per heavy atom. The highest BCUT2D eigenvalue weighted by Crippen LogP contribution is 2.18. The third-order valence-corrected chi connectivity index (χ3v) is 5.63. The molecule has 0 saturated carbocycles. The first-order valence-corrected chi connectivity index (χ1v) is 10.4. The van der Waals surface area contributed by atoms with Crippen LogP contribution in [0.25, 0.3) is 10.9 Å². The predicted molar refractivity (Wildman–Crippen MR) is 121 cm³/mol. The molecular weight excluding hydrogens is 401 g/mol. The van der Waals surface area contributed by atoms with Crippen molar-refractivity contribution in [3.8, 4) is 0 Å². The Hall–Kier alpha value is -2.77. The topological polar surface area (TPSA) is 57.4 Å². The van der Waals surface area contributed by atoms with E-state index < -0.39 is 0 Å². The molecular formula is C23H24FN3O2S. The Morgan fingerprint density at radius 2 is 2.07 bits per heavy atom. The van der Waals surface area contributed by atoms with Crippen LogP contribution in [0.3, 0.4) is 0 Å². The van der Waals surface area contributed by atoms with Gasteiger partial charge in [-0.15, -0.1) is 0 Å². The second kappa shape index (κ2) is 8.93. The molecule has 0 spiro atoms. The van der Waals surface area contributed by atoms with Crippen molar-refractivity contribution in [2.45, 2.75) is 32.4 Å². The number of benzene rings is 2. The molecule has 7 heteroatoms. The highest BCUT2D eigenvalue weighted by Gasteiger charge is 2.22. The third kappa shape index (κ3) is 4.86. The standard InChI is InChI=1S/C23H24FN3O2S/c1-15-4-5-16-12-17(22(28)26-21(16)11-15)13-27(14-20-3-2-10-29-20)23(30)25-19-8-6-18(24)7-9-19/h4-9,11-12,20H,2-3,10,13-14H2,1H3,(H,25,30)(H,26,28). The van der Waals surface area contributed by atoms with Crippen LogP contribution >= 0.6 is 12.2 Å². The Kier molecular flexibility index (Phi) is 6.11. The number of nitrogens with zero attached hydrogens (tertiary/aromatic N) is 1. The minimum absolute atomic E-state index is 0.0696. The summed E-state index contributed by atoms with van der Waals surface area (Å²) < 4.78 is 19.0. The minimum atomic E-state index is -0.305. The predicted octanol–water partition coefficient (Wildman–Crippen LogP) is 4.35. The fourth-order valence-corrected chi connectivity index (χ4v) is 3.93. The normalized spacial score (nSPS) is 16.0. The first-order chi connectivity index (χ1) is 14.5. The summed E-state index contributed by atoms with van der Waals surface area (Å²) in [5.41, 5.74) is 3.11. The van der Waals surface area contributed by atoms with Gasteiger partial charge in [0.1, 0.15) is 5.82 Å². The van der Waals surface area contributed by atoms with Crippen LogP contribution in [-0.4, -0.2) is 34.3 Å². The van der Waals surface area contributed by atoms with E-state index in [0.717, 1.165) is 35.9 Å². The van der Waals surface area contributed by atoms with Gasteiger partial charge in [-0.05, 0) is 79.3 Å². The Morgan fingerprint density at radius 3 is 2.80 bits per heavy atom. The maximum absolute atomic E-state index is 13.2. The number of halogens is 1. The van der Waals surface area contributed by atoms with Crippen LogP contribution in [0.1, 0.15) is 24.0 Å². The van der Waals surface area contributed by atoms with E-state index in [4.69, 9.17) is 17.0 Å². The second-order valence-electron chi connectivity index (χ2n) is 7.67. The molecule has 2 aromatic carbocycles. The number of thiocarbonyl (C=S) groups is 1. The van der Waals surface area contributed by atoms with E-state index in [-0.39, 0.29) is 17.5 Å². The lowest BCUT2D eigenvalue weighted by atomic mass is 10.1. The van der Waals surface area contributed by atoms with E-state index in [0.29, 0.717) is 29.5 Å². The second-order valence-corrected chi connectivity index (χ2v) is 8.05. The molecule has 0 aliphatic carbocycles. The van der Waals surface area contributed by atoms with Gasteiger partial charge in [-0.2, -0.15) is 0 Å². The van der Waals surface area contributed by atoms with E-state index in [1.165, 1.54) is 12.1 Å². The Labute approximate surface area is 179 Å². The highest BCUT2D eigenvalue weighted by molar-refractivity contribution is 7.80. The smallest absolute Gasteiger partial charge is 0.253 e. The number of hydrogen-bond acceptors (Lipinski definition) is 3. The average molecular weight is 426 g/mol. The van der Waals surface area contributed by atoms with Crippen molar-refractivity contribution in [2.75, 3.05) is 18.5 Å². The lowest BCUT2D eigenvalue weighted by Gasteiger charge is -2.28. The van der Waals surface area contributed by atoms with Gasteiger partial charge in [0.25, 0.3) is 5.56 Å². The molecule has 30 heavy (non-hydrogen) atoms. The molecule has 1 aliphatic rings. The summed E-state index contributed by atoms with van der Waals surface area (Å²) in [6.07, 6.45) is 2.05. The molecule has 1 atom stereocenters. The number of aryl methyl sites for hydroxylation is 1. The summed E-state index contributed by atoms with van der Waals surface area (Å²) >= 11 is 5.63. The molecule has 1 unspecified atom stereocenters. The van der Waals surface area contributed by atoms with Crippen molar-refractivity contribution in [3.05, 3.63) is 75.8 Å². The minimum Gasteiger partial charge on any atom is -0.376 e. The number of H-pyrrole nitrogens is 1. The van der Waals surface area contributed by atoms with Gasteiger partial charge in [0.2, 0.25) is 0 Å². The summed E-state index contributed by atoms with van der Waals surface area (Å²) in [6, 6.07) is 13.9. The Balaban J connectivity index is 1.58. The number of fused-ring (bicyclic) bond motifs is 1. The SMILES string of the molecule is Cc1ccc2cc(CN(CC3CCCO3)C(=S)Nc3ccc(F)cc3)c(=O)[nH]c2c1. The van der Waals surface area contributed by atoms with Crippen molar-refractivity contribution in [1.82, 2.24) is 9.88 Å². The van der Waals surface area contributed by atoms with Gasteiger partial charge < -0.3 is 19.9 Å². The van der Waals surface area contributed by atoms with Gasteiger partial charge in [-0.3, -0.25) is 4.79 Å². The fraction of sp³-hybridized carbons (Fsp3) is 0.304. The first-order valence-electron chi connectivity index (χ1n) is 10.0. The zero-order chi connectivity index (χ0) is 21.1. The zero-order valence-corrected chi connectivity index (χ0v) is 17.6. The van der Waals surface area contributed by atoms with E-state index in [1.807, 2.05) is 36.1 Å². The van der Waals surface area contributed by atoms with Crippen molar-refractivity contribution in [2.24, 2.45) is 0 Å². The molecule has 156 valence electrons. The van der Waals surface area contributed by atoms with Gasteiger partial charge in [0.15, 0.2) is 5.11 Å². The van der Waals surface area contributed by atoms with Gasteiger partial charge >= 0.3 is 0 Å². The van der Waals surface area contributed by atoms with Crippen LogP contribution in [0.15, 0.2) is 53.3 Å². The van der Waals surface area contributed by atoms with Gasteiger partial charge in [-0.25, -0.2) is 4.39 Å². The molecule has 2 N–H and O–H groups in total. The molecule has 0 bridgehead atoms.